The fourth-order valence-corrected chi connectivity index (χ4v) is 1.94. The van der Waals surface area contributed by atoms with Crippen LogP contribution in [-0.2, 0) is 6.54 Å². The van der Waals surface area contributed by atoms with E-state index in [1.165, 1.54) is 12.1 Å². The summed E-state index contributed by atoms with van der Waals surface area (Å²) in [5.74, 6) is -0.289. The predicted octanol–water partition coefficient (Wildman–Crippen LogP) is 2.43. The van der Waals surface area contributed by atoms with Crippen LogP contribution in [0.4, 0.5) is 4.39 Å². The molecule has 0 aliphatic carbocycles. The van der Waals surface area contributed by atoms with E-state index in [0.717, 1.165) is 11.3 Å². The van der Waals surface area contributed by atoms with E-state index < -0.39 is 6.10 Å². The highest BCUT2D eigenvalue weighted by Gasteiger charge is 2.16. The molecule has 0 saturated heterocycles. The molecule has 2 aromatic rings. The first-order valence-electron chi connectivity index (χ1n) is 5.59. The minimum Gasteiger partial charge on any atom is -0.382 e. The van der Waals surface area contributed by atoms with Gasteiger partial charge in [-0.1, -0.05) is 6.07 Å². The molecule has 2 rings (SSSR count). The number of rotatable bonds is 3. The van der Waals surface area contributed by atoms with Gasteiger partial charge in [-0.05, 0) is 43.2 Å². The molecule has 0 bridgehead atoms. The van der Waals surface area contributed by atoms with Gasteiger partial charge < -0.3 is 5.11 Å². The van der Waals surface area contributed by atoms with E-state index in [9.17, 15) is 9.50 Å². The summed E-state index contributed by atoms with van der Waals surface area (Å²) in [5, 5.41) is 14.4. The van der Waals surface area contributed by atoms with E-state index in [4.69, 9.17) is 0 Å². The van der Waals surface area contributed by atoms with E-state index in [0.29, 0.717) is 12.1 Å². The summed E-state index contributed by atoms with van der Waals surface area (Å²) >= 11 is 0. The molecule has 0 fully saturated rings. The number of benzene rings is 1. The molecule has 4 heteroatoms. The average Bonchev–Trinajstić information content (AvgIpc) is 2.76. The summed E-state index contributed by atoms with van der Waals surface area (Å²) < 4.78 is 14.7. The quantitative estimate of drug-likeness (QED) is 0.885. The predicted molar refractivity (Wildman–Crippen MR) is 63.1 cm³/mol. The minimum atomic E-state index is -0.766. The first-order chi connectivity index (χ1) is 8.13. The fourth-order valence-electron chi connectivity index (χ4n) is 1.94. The molecular formula is C13H15FN2O. The normalized spacial score (nSPS) is 12.7. The molecule has 17 heavy (non-hydrogen) atoms. The van der Waals surface area contributed by atoms with Crippen LogP contribution >= 0.6 is 0 Å². The lowest BCUT2D eigenvalue weighted by atomic mass is 10.0. The van der Waals surface area contributed by atoms with Gasteiger partial charge >= 0.3 is 0 Å². The van der Waals surface area contributed by atoms with Gasteiger partial charge in [0.25, 0.3) is 0 Å². The third-order valence-corrected chi connectivity index (χ3v) is 2.86. The molecule has 1 unspecified atom stereocenters. The second kappa shape index (κ2) is 4.67. The van der Waals surface area contributed by atoms with Gasteiger partial charge in [0, 0.05) is 12.7 Å². The Morgan fingerprint density at radius 3 is 2.82 bits per heavy atom. The lowest BCUT2D eigenvalue weighted by molar-refractivity contribution is 0.207. The van der Waals surface area contributed by atoms with Crippen molar-refractivity contribution in [3.8, 4) is 0 Å². The fraction of sp³-hybridized carbons (Fsp3) is 0.308. The second-order valence-corrected chi connectivity index (χ2v) is 3.98. The number of aliphatic hydroxyl groups excluding tert-OH is 1. The summed E-state index contributed by atoms with van der Waals surface area (Å²) in [4.78, 5) is 0. The first kappa shape index (κ1) is 11.8. The van der Waals surface area contributed by atoms with Crippen LogP contribution in [0.2, 0.25) is 0 Å². The number of hydrogen-bond acceptors (Lipinski definition) is 2. The standard InChI is InChI=1S/C13H15FN2O/c1-3-16-12(6-7-15-16)13(17)11-5-4-10(14)8-9(11)2/h4-8,13,17H,3H2,1-2H3. The summed E-state index contributed by atoms with van der Waals surface area (Å²) in [6.45, 7) is 4.44. The van der Waals surface area contributed by atoms with Crippen molar-refractivity contribution in [2.45, 2.75) is 26.5 Å². The Balaban J connectivity index is 2.40. The lowest BCUT2D eigenvalue weighted by Crippen LogP contribution is -2.10. The van der Waals surface area contributed by atoms with Crippen molar-refractivity contribution >= 4 is 0 Å². The van der Waals surface area contributed by atoms with Gasteiger partial charge in [0.1, 0.15) is 11.9 Å². The molecule has 3 nitrogen and oxygen atoms in total. The number of aryl methyl sites for hydroxylation is 2. The molecule has 0 spiro atoms. The van der Waals surface area contributed by atoms with Gasteiger partial charge in [-0.3, -0.25) is 4.68 Å². The monoisotopic (exact) mass is 234 g/mol. The van der Waals surface area contributed by atoms with Crippen molar-refractivity contribution in [1.29, 1.82) is 0 Å². The van der Waals surface area contributed by atoms with Crippen LogP contribution in [0.15, 0.2) is 30.5 Å². The molecule has 90 valence electrons. The summed E-state index contributed by atoms with van der Waals surface area (Å²) in [5.41, 5.74) is 2.17. The highest BCUT2D eigenvalue weighted by molar-refractivity contribution is 5.33. The Labute approximate surface area is 99.5 Å². The maximum Gasteiger partial charge on any atom is 0.123 e. The number of aromatic nitrogens is 2. The molecule has 0 aliphatic rings. The molecule has 0 radical (unpaired) electrons. The average molecular weight is 234 g/mol. The summed E-state index contributed by atoms with van der Waals surface area (Å²) in [7, 11) is 0. The molecule has 1 aromatic heterocycles. The van der Waals surface area contributed by atoms with E-state index >= 15 is 0 Å². The van der Waals surface area contributed by atoms with Crippen molar-refractivity contribution in [3.05, 3.63) is 53.1 Å². The van der Waals surface area contributed by atoms with Crippen LogP contribution in [0.25, 0.3) is 0 Å². The first-order valence-corrected chi connectivity index (χ1v) is 5.59. The number of hydrogen-bond donors (Lipinski definition) is 1. The third kappa shape index (κ3) is 2.22. The number of nitrogens with zero attached hydrogens (tertiary/aromatic N) is 2. The van der Waals surface area contributed by atoms with E-state index in [1.807, 2.05) is 6.92 Å². The Kier molecular flexibility index (Phi) is 3.24. The highest BCUT2D eigenvalue weighted by Crippen LogP contribution is 2.24. The zero-order valence-corrected chi connectivity index (χ0v) is 9.89. The van der Waals surface area contributed by atoms with Crippen LogP contribution in [0.5, 0.6) is 0 Å². The van der Waals surface area contributed by atoms with Gasteiger partial charge in [-0.25, -0.2) is 4.39 Å². The molecule has 0 amide bonds. The van der Waals surface area contributed by atoms with Crippen molar-refractivity contribution in [1.82, 2.24) is 9.78 Å². The van der Waals surface area contributed by atoms with Crippen LogP contribution < -0.4 is 0 Å². The molecule has 0 aliphatic heterocycles. The van der Waals surface area contributed by atoms with Crippen LogP contribution in [-0.4, -0.2) is 14.9 Å². The van der Waals surface area contributed by atoms with Crippen LogP contribution in [0.3, 0.4) is 0 Å². The van der Waals surface area contributed by atoms with E-state index in [2.05, 4.69) is 5.10 Å². The molecule has 1 atom stereocenters. The molecule has 1 N–H and O–H groups in total. The Morgan fingerprint density at radius 1 is 1.41 bits per heavy atom. The Morgan fingerprint density at radius 2 is 2.18 bits per heavy atom. The summed E-state index contributed by atoms with van der Waals surface area (Å²) in [6, 6.07) is 6.17. The largest absolute Gasteiger partial charge is 0.382 e. The van der Waals surface area contributed by atoms with Crippen molar-refractivity contribution < 1.29 is 9.50 Å². The topological polar surface area (TPSA) is 38.0 Å². The Hall–Kier alpha value is -1.68. The van der Waals surface area contributed by atoms with Gasteiger partial charge in [0.15, 0.2) is 0 Å². The molecule has 0 saturated carbocycles. The smallest absolute Gasteiger partial charge is 0.123 e. The van der Waals surface area contributed by atoms with Crippen LogP contribution in [0, 0.1) is 12.7 Å². The number of aliphatic hydroxyl groups is 1. The van der Waals surface area contributed by atoms with Crippen LogP contribution in [0.1, 0.15) is 29.8 Å². The molecule has 1 heterocycles. The maximum absolute atomic E-state index is 13.0. The van der Waals surface area contributed by atoms with Crippen molar-refractivity contribution in [3.63, 3.8) is 0 Å². The van der Waals surface area contributed by atoms with Gasteiger partial charge in [0.2, 0.25) is 0 Å². The van der Waals surface area contributed by atoms with Crippen molar-refractivity contribution in [2.24, 2.45) is 0 Å². The van der Waals surface area contributed by atoms with Gasteiger partial charge in [-0.2, -0.15) is 5.10 Å². The lowest BCUT2D eigenvalue weighted by Gasteiger charge is -2.15. The second-order valence-electron chi connectivity index (χ2n) is 3.98. The maximum atomic E-state index is 13.0. The van der Waals surface area contributed by atoms with E-state index in [1.54, 1.807) is 29.9 Å². The zero-order chi connectivity index (χ0) is 12.4. The third-order valence-electron chi connectivity index (χ3n) is 2.86. The number of halogens is 1. The summed E-state index contributed by atoms with van der Waals surface area (Å²) in [6.07, 6.45) is 0.888. The van der Waals surface area contributed by atoms with Gasteiger partial charge in [0.05, 0.1) is 5.69 Å². The minimum absolute atomic E-state index is 0.289. The van der Waals surface area contributed by atoms with Crippen molar-refractivity contribution in [2.75, 3.05) is 0 Å². The zero-order valence-electron chi connectivity index (χ0n) is 9.89. The molecule has 1 aromatic carbocycles. The van der Waals surface area contributed by atoms with E-state index in [-0.39, 0.29) is 5.82 Å². The highest BCUT2D eigenvalue weighted by atomic mass is 19.1. The molecular weight excluding hydrogens is 219 g/mol. The Bertz CT molecular complexity index is 522. The SMILES string of the molecule is CCn1nccc1C(O)c1ccc(F)cc1C. The van der Waals surface area contributed by atoms with Gasteiger partial charge in [-0.15, -0.1) is 0 Å².